The van der Waals surface area contributed by atoms with Crippen LogP contribution in [0.4, 0.5) is 0 Å². The number of rotatable bonds is 8. The van der Waals surface area contributed by atoms with Gasteiger partial charge >= 0.3 is 0 Å². The average molecular weight is 335 g/mol. The molecule has 0 N–H and O–H groups in total. The number of carbonyl (C=O) groups excluding carboxylic acids is 1. The maximum absolute atomic E-state index is 10.5. The number of aldehydes is 1. The van der Waals surface area contributed by atoms with Gasteiger partial charge in [0.2, 0.25) is 0 Å². The van der Waals surface area contributed by atoms with Crippen molar-refractivity contribution in [1.82, 2.24) is 0 Å². The fourth-order valence-corrected chi connectivity index (χ4v) is 3.19. The van der Waals surface area contributed by atoms with Crippen molar-refractivity contribution in [1.29, 1.82) is 0 Å². The van der Waals surface area contributed by atoms with Gasteiger partial charge in [-0.1, -0.05) is 46.8 Å². The van der Waals surface area contributed by atoms with Crippen molar-refractivity contribution in [3.05, 3.63) is 23.8 Å². The predicted octanol–water partition coefficient (Wildman–Crippen LogP) is 5.52. The number of hydrogen-bond donors (Lipinski definition) is 0. The summed E-state index contributed by atoms with van der Waals surface area (Å²) in [6.07, 6.45) is 13.5. The van der Waals surface area contributed by atoms with E-state index in [-0.39, 0.29) is 16.6 Å². The Kier molecular flexibility index (Phi) is 8.24. The second-order valence-electron chi connectivity index (χ2n) is 8.41. The van der Waals surface area contributed by atoms with Gasteiger partial charge in [-0.15, -0.1) is 12.3 Å². The number of hydrogen-bond acceptors (Lipinski definition) is 2. The van der Waals surface area contributed by atoms with Gasteiger partial charge in [-0.2, -0.15) is 0 Å². The van der Waals surface area contributed by atoms with Crippen LogP contribution in [0.25, 0.3) is 0 Å². The lowest BCUT2D eigenvalue weighted by Gasteiger charge is -2.39. The molecule has 0 rings (SSSR count). The van der Waals surface area contributed by atoms with E-state index in [1.165, 1.54) is 5.57 Å². The van der Waals surface area contributed by atoms with Crippen molar-refractivity contribution in [2.45, 2.75) is 78.6 Å². The molecule has 0 saturated carbocycles. The van der Waals surface area contributed by atoms with Gasteiger partial charge in [0.1, 0.15) is 6.29 Å². The van der Waals surface area contributed by atoms with E-state index in [2.05, 4.69) is 66.6 Å². The molecule has 0 fully saturated rings. The van der Waals surface area contributed by atoms with Crippen LogP contribution in [-0.2, 0) is 9.22 Å². The van der Waals surface area contributed by atoms with Crippen LogP contribution in [0.3, 0.4) is 0 Å². The summed E-state index contributed by atoms with van der Waals surface area (Å²) in [5.74, 6) is 2.75. The molecule has 0 aromatic carbocycles. The molecule has 0 saturated heterocycles. The number of allylic oxidation sites excluding steroid dienone is 3. The van der Waals surface area contributed by atoms with Crippen molar-refractivity contribution < 1.29 is 9.22 Å². The molecule has 1 atom stereocenters. The third-order valence-corrected chi connectivity index (χ3v) is 9.12. The van der Waals surface area contributed by atoms with Crippen LogP contribution in [0, 0.1) is 17.8 Å². The average Bonchev–Trinajstić information content (AvgIpc) is 2.41. The molecule has 3 heteroatoms. The summed E-state index contributed by atoms with van der Waals surface area (Å²) in [6.45, 7) is 17.5. The quantitative estimate of drug-likeness (QED) is 0.192. The van der Waals surface area contributed by atoms with Gasteiger partial charge in [0.05, 0.1) is 6.10 Å². The van der Waals surface area contributed by atoms with Crippen LogP contribution < -0.4 is 0 Å². The molecule has 0 aliphatic heterocycles. The van der Waals surface area contributed by atoms with Gasteiger partial charge in [-0.25, -0.2) is 0 Å². The van der Waals surface area contributed by atoms with Crippen LogP contribution >= 0.6 is 0 Å². The number of terminal acetylenes is 1. The molecule has 2 nitrogen and oxygen atoms in total. The normalized spacial score (nSPS) is 15.5. The largest absolute Gasteiger partial charge is 0.409 e. The Labute approximate surface area is 144 Å². The third-order valence-electron chi connectivity index (χ3n) is 4.63. The molecule has 0 radical (unpaired) electrons. The minimum absolute atomic E-state index is 0.0215. The molecule has 0 spiro atoms. The van der Waals surface area contributed by atoms with E-state index >= 15 is 0 Å². The minimum atomic E-state index is -1.86. The first kappa shape index (κ1) is 21.9. The summed E-state index contributed by atoms with van der Waals surface area (Å²) in [5, 5.41) is 0.159. The highest BCUT2D eigenvalue weighted by Gasteiger charge is 2.39. The van der Waals surface area contributed by atoms with Crippen molar-refractivity contribution in [3.63, 3.8) is 0 Å². The maximum atomic E-state index is 10.5. The summed E-state index contributed by atoms with van der Waals surface area (Å²) >= 11 is 0. The Morgan fingerprint density at radius 1 is 1.26 bits per heavy atom. The smallest absolute Gasteiger partial charge is 0.192 e. The van der Waals surface area contributed by atoms with E-state index in [1.54, 1.807) is 6.08 Å². The second kappa shape index (κ2) is 8.66. The lowest BCUT2D eigenvalue weighted by Crippen LogP contribution is -2.44. The van der Waals surface area contributed by atoms with Crippen LogP contribution in [0.5, 0.6) is 0 Å². The van der Waals surface area contributed by atoms with Crippen LogP contribution in [0.2, 0.25) is 18.1 Å². The summed E-state index contributed by atoms with van der Waals surface area (Å²) in [5.41, 5.74) is 1.13. The Morgan fingerprint density at radius 2 is 1.83 bits per heavy atom. The van der Waals surface area contributed by atoms with E-state index in [1.807, 2.05) is 6.08 Å². The van der Waals surface area contributed by atoms with Gasteiger partial charge < -0.3 is 4.43 Å². The van der Waals surface area contributed by atoms with Gasteiger partial charge in [0.15, 0.2) is 8.32 Å². The summed E-state index contributed by atoms with van der Waals surface area (Å²) in [4.78, 5) is 10.5. The highest BCUT2D eigenvalue weighted by molar-refractivity contribution is 6.74. The minimum Gasteiger partial charge on any atom is -0.409 e. The molecule has 0 bridgehead atoms. The third kappa shape index (κ3) is 7.81. The Morgan fingerprint density at radius 3 is 2.26 bits per heavy atom. The van der Waals surface area contributed by atoms with E-state index in [0.29, 0.717) is 6.42 Å². The Balaban J connectivity index is 5.17. The van der Waals surface area contributed by atoms with Crippen LogP contribution in [-0.4, -0.2) is 20.7 Å². The summed E-state index contributed by atoms with van der Waals surface area (Å²) in [6, 6.07) is 0. The van der Waals surface area contributed by atoms with Crippen molar-refractivity contribution >= 4 is 14.6 Å². The molecule has 1 unspecified atom stereocenters. The molecule has 0 aromatic heterocycles. The predicted molar refractivity (Wildman–Crippen MR) is 103 cm³/mol. The standard InChI is InChI=1S/C20H34O2Si/c1-10-12-18(22-23(8,9)19(3,4)5)17(2)13-15-20(6,7)14-11-16-21/h1,11,13-14,16,18H,12,15H2,2-9H3/b14-11+,17-13-. The molecule has 0 aliphatic rings. The molecule has 0 amide bonds. The Hall–Kier alpha value is -1.11. The summed E-state index contributed by atoms with van der Waals surface area (Å²) in [7, 11) is -1.86. The zero-order valence-corrected chi connectivity index (χ0v) is 17.2. The van der Waals surface area contributed by atoms with Gasteiger partial charge in [-0.05, 0) is 48.5 Å². The zero-order chi connectivity index (χ0) is 18.3. The lowest BCUT2D eigenvalue weighted by molar-refractivity contribution is -0.104. The highest BCUT2D eigenvalue weighted by Crippen LogP contribution is 2.38. The van der Waals surface area contributed by atoms with Crippen molar-refractivity contribution in [3.8, 4) is 12.3 Å². The first-order valence-corrected chi connectivity index (χ1v) is 11.2. The van der Waals surface area contributed by atoms with E-state index in [0.717, 1.165) is 12.7 Å². The fourth-order valence-electron chi connectivity index (χ4n) is 1.86. The topological polar surface area (TPSA) is 26.3 Å². The maximum Gasteiger partial charge on any atom is 0.192 e. The van der Waals surface area contributed by atoms with Gasteiger partial charge in [0.25, 0.3) is 0 Å². The number of carbonyl (C=O) groups is 1. The molecule has 23 heavy (non-hydrogen) atoms. The fraction of sp³-hybridized carbons (Fsp3) is 0.650. The monoisotopic (exact) mass is 334 g/mol. The molecule has 0 heterocycles. The highest BCUT2D eigenvalue weighted by atomic mass is 28.4. The lowest BCUT2D eigenvalue weighted by atomic mass is 9.87. The van der Waals surface area contributed by atoms with Gasteiger partial charge in [0, 0.05) is 6.42 Å². The molecule has 0 aliphatic carbocycles. The van der Waals surface area contributed by atoms with Crippen molar-refractivity contribution in [2.75, 3.05) is 0 Å². The van der Waals surface area contributed by atoms with Crippen LogP contribution in [0.1, 0.15) is 54.4 Å². The van der Waals surface area contributed by atoms with E-state index in [9.17, 15) is 4.79 Å². The van der Waals surface area contributed by atoms with E-state index < -0.39 is 8.32 Å². The van der Waals surface area contributed by atoms with Gasteiger partial charge in [-0.3, -0.25) is 4.79 Å². The summed E-state index contributed by atoms with van der Waals surface area (Å²) < 4.78 is 6.50. The van der Waals surface area contributed by atoms with Crippen molar-refractivity contribution in [2.24, 2.45) is 5.41 Å². The molecule has 0 aromatic rings. The van der Waals surface area contributed by atoms with Crippen LogP contribution in [0.15, 0.2) is 23.8 Å². The van der Waals surface area contributed by atoms with E-state index in [4.69, 9.17) is 10.8 Å². The Bertz CT molecular complexity index is 485. The molecular weight excluding hydrogens is 300 g/mol. The first-order chi connectivity index (χ1) is 10.4. The molecular formula is C20H34O2Si. The first-order valence-electron chi connectivity index (χ1n) is 8.27. The zero-order valence-electron chi connectivity index (χ0n) is 16.2. The second-order valence-corrected chi connectivity index (χ2v) is 13.2. The molecule has 130 valence electrons. The SMILES string of the molecule is C#CCC(O[Si](C)(C)C(C)(C)C)/C(C)=C\CC(C)(C)/C=C/C=O.